The Kier molecular flexibility index (Phi) is 6.14. The van der Waals surface area contributed by atoms with Crippen molar-refractivity contribution in [2.75, 3.05) is 17.6 Å². The molecule has 1 N–H and O–H groups in total. The molecule has 0 aliphatic carbocycles. The molecule has 1 aliphatic heterocycles. The standard InChI is InChI=1S/C24H21FN2O2S/c25-20-10-12-21(13-11-20)26-23(29)18-6-8-19(9-7-18)24-27(22(28)16-30-24)15-14-17-4-2-1-3-5-17/h1-13,24H,14-16H2,(H,26,29). The van der Waals surface area contributed by atoms with Crippen LogP contribution in [0.1, 0.15) is 26.9 Å². The van der Waals surface area contributed by atoms with Gasteiger partial charge in [-0.25, -0.2) is 4.39 Å². The number of carbonyl (C=O) groups is 2. The van der Waals surface area contributed by atoms with Gasteiger partial charge in [0, 0.05) is 17.8 Å². The third-order valence-electron chi connectivity index (χ3n) is 5.01. The molecule has 1 heterocycles. The molecule has 152 valence electrons. The number of thioether (sulfide) groups is 1. The molecule has 0 bridgehead atoms. The van der Waals surface area contributed by atoms with Crippen molar-refractivity contribution in [1.29, 1.82) is 0 Å². The van der Waals surface area contributed by atoms with Gasteiger partial charge < -0.3 is 10.2 Å². The van der Waals surface area contributed by atoms with Crippen molar-refractivity contribution in [2.45, 2.75) is 11.8 Å². The van der Waals surface area contributed by atoms with Gasteiger partial charge in [-0.05, 0) is 53.9 Å². The van der Waals surface area contributed by atoms with Crippen LogP contribution in [0.2, 0.25) is 0 Å². The zero-order valence-corrected chi connectivity index (χ0v) is 17.1. The van der Waals surface area contributed by atoms with Crippen LogP contribution in [0.25, 0.3) is 0 Å². The second kappa shape index (κ2) is 9.13. The summed E-state index contributed by atoms with van der Waals surface area (Å²) in [5, 5.41) is 2.71. The fraction of sp³-hybridized carbons (Fsp3) is 0.167. The van der Waals surface area contributed by atoms with Gasteiger partial charge in [0.2, 0.25) is 5.91 Å². The van der Waals surface area contributed by atoms with Crippen LogP contribution in [-0.2, 0) is 11.2 Å². The van der Waals surface area contributed by atoms with E-state index in [1.807, 2.05) is 35.2 Å². The lowest BCUT2D eigenvalue weighted by molar-refractivity contribution is -0.128. The summed E-state index contributed by atoms with van der Waals surface area (Å²) in [6, 6.07) is 23.1. The predicted molar refractivity (Wildman–Crippen MR) is 118 cm³/mol. The minimum atomic E-state index is -0.349. The minimum absolute atomic E-state index is 0.0459. The maximum atomic E-state index is 13.0. The first-order valence-electron chi connectivity index (χ1n) is 9.72. The van der Waals surface area contributed by atoms with Gasteiger partial charge in [-0.2, -0.15) is 0 Å². The molecule has 4 rings (SSSR count). The Bertz CT molecular complexity index is 1020. The van der Waals surface area contributed by atoms with E-state index in [9.17, 15) is 14.0 Å². The number of carbonyl (C=O) groups excluding carboxylic acids is 2. The number of halogens is 1. The quantitative estimate of drug-likeness (QED) is 0.617. The maximum Gasteiger partial charge on any atom is 0.255 e. The van der Waals surface area contributed by atoms with Crippen molar-refractivity contribution in [3.8, 4) is 0 Å². The maximum absolute atomic E-state index is 13.0. The van der Waals surface area contributed by atoms with Crippen molar-refractivity contribution in [3.05, 3.63) is 101 Å². The molecular formula is C24H21FN2O2S. The molecule has 4 nitrogen and oxygen atoms in total. The summed E-state index contributed by atoms with van der Waals surface area (Å²) in [7, 11) is 0. The highest BCUT2D eigenvalue weighted by molar-refractivity contribution is 8.00. The van der Waals surface area contributed by atoms with E-state index in [1.165, 1.54) is 29.8 Å². The fourth-order valence-electron chi connectivity index (χ4n) is 3.40. The number of nitrogens with zero attached hydrogens (tertiary/aromatic N) is 1. The Hall–Kier alpha value is -3.12. The third-order valence-corrected chi connectivity index (χ3v) is 6.27. The van der Waals surface area contributed by atoms with E-state index in [4.69, 9.17) is 0 Å². The Labute approximate surface area is 179 Å². The molecule has 6 heteroatoms. The van der Waals surface area contributed by atoms with Gasteiger partial charge in [-0.1, -0.05) is 42.5 Å². The van der Waals surface area contributed by atoms with E-state index in [0.717, 1.165) is 12.0 Å². The van der Waals surface area contributed by atoms with Crippen LogP contribution in [0.4, 0.5) is 10.1 Å². The average molecular weight is 421 g/mol. The fourth-order valence-corrected chi connectivity index (χ4v) is 4.62. The number of hydrogen-bond donors (Lipinski definition) is 1. The van der Waals surface area contributed by atoms with Crippen molar-refractivity contribution >= 4 is 29.3 Å². The van der Waals surface area contributed by atoms with E-state index in [-0.39, 0.29) is 23.0 Å². The molecule has 1 atom stereocenters. The van der Waals surface area contributed by atoms with Crippen LogP contribution < -0.4 is 5.32 Å². The summed E-state index contributed by atoms with van der Waals surface area (Å²) in [6.45, 7) is 0.660. The molecule has 3 aromatic rings. The largest absolute Gasteiger partial charge is 0.326 e. The van der Waals surface area contributed by atoms with E-state index >= 15 is 0 Å². The van der Waals surface area contributed by atoms with E-state index in [1.54, 1.807) is 23.9 Å². The van der Waals surface area contributed by atoms with Crippen LogP contribution in [0.5, 0.6) is 0 Å². The molecule has 1 aliphatic rings. The minimum Gasteiger partial charge on any atom is -0.326 e. The molecule has 0 radical (unpaired) electrons. The number of amides is 2. The van der Waals surface area contributed by atoms with Gasteiger partial charge in [-0.3, -0.25) is 9.59 Å². The lowest BCUT2D eigenvalue weighted by Crippen LogP contribution is -2.30. The second-order valence-electron chi connectivity index (χ2n) is 7.07. The van der Waals surface area contributed by atoms with Gasteiger partial charge in [0.1, 0.15) is 11.2 Å². The van der Waals surface area contributed by atoms with Crippen LogP contribution in [-0.4, -0.2) is 29.0 Å². The highest BCUT2D eigenvalue weighted by Gasteiger charge is 2.32. The summed E-state index contributed by atoms with van der Waals surface area (Å²) in [5.41, 5.74) is 3.24. The number of hydrogen-bond acceptors (Lipinski definition) is 3. The zero-order valence-electron chi connectivity index (χ0n) is 16.3. The predicted octanol–water partition coefficient (Wildman–Crippen LogP) is 4.89. The van der Waals surface area contributed by atoms with Crippen molar-refractivity contribution in [2.24, 2.45) is 0 Å². The normalized spacial score (nSPS) is 16.0. The Morgan fingerprint density at radius 3 is 2.40 bits per heavy atom. The van der Waals surface area contributed by atoms with Gasteiger partial charge in [-0.15, -0.1) is 11.8 Å². The SMILES string of the molecule is O=C(Nc1ccc(F)cc1)c1ccc(C2SCC(=O)N2CCc2ccccc2)cc1. The Morgan fingerprint density at radius 2 is 1.70 bits per heavy atom. The van der Waals surface area contributed by atoms with Crippen LogP contribution in [0.15, 0.2) is 78.9 Å². The number of nitrogens with one attached hydrogen (secondary N) is 1. The van der Waals surface area contributed by atoms with Crippen LogP contribution in [0, 0.1) is 5.82 Å². The van der Waals surface area contributed by atoms with Gasteiger partial charge in [0.25, 0.3) is 5.91 Å². The van der Waals surface area contributed by atoms with Crippen LogP contribution >= 0.6 is 11.8 Å². The first kappa shape index (κ1) is 20.2. The van der Waals surface area contributed by atoms with Crippen molar-refractivity contribution in [1.82, 2.24) is 4.90 Å². The monoisotopic (exact) mass is 420 g/mol. The van der Waals surface area contributed by atoms with Gasteiger partial charge in [0.05, 0.1) is 5.75 Å². The number of anilines is 1. The van der Waals surface area contributed by atoms with Gasteiger partial charge in [0.15, 0.2) is 0 Å². The molecule has 0 saturated carbocycles. The van der Waals surface area contributed by atoms with Crippen molar-refractivity contribution < 1.29 is 14.0 Å². The molecule has 1 fully saturated rings. The molecule has 1 unspecified atom stereocenters. The van der Waals surface area contributed by atoms with E-state index < -0.39 is 0 Å². The average Bonchev–Trinajstić information content (AvgIpc) is 3.15. The first-order valence-corrected chi connectivity index (χ1v) is 10.8. The molecule has 30 heavy (non-hydrogen) atoms. The van der Waals surface area contributed by atoms with Gasteiger partial charge >= 0.3 is 0 Å². The number of benzene rings is 3. The molecule has 2 amide bonds. The highest BCUT2D eigenvalue weighted by atomic mass is 32.2. The Balaban J connectivity index is 1.42. The molecular weight excluding hydrogens is 399 g/mol. The number of rotatable bonds is 6. The molecule has 3 aromatic carbocycles. The van der Waals surface area contributed by atoms with Crippen molar-refractivity contribution in [3.63, 3.8) is 0 Å². The zero-order chi connectivity index (χ0) is 20.9. The highest BCUT2D eigenvalue weighted by Crippen LogP contribution is 2.38. The lowest BCUT2D eigenvalue weighted by atomic mass is 10.1. The smallest absolute Gasteiger partial charge is 0.255 e. The van der Waals surface area contributed by atoms with E-state index in [2.05, 4.69) is 17.4 Å². The molecule has 1 saturated heterocycles. The third kappa shape index (κ3) is 4.71. The molecule has 0 aromatic heterocycles. The summed E-state index contributed by atoms with van der Waals surface area (Å²) < 4.78 is 13.0. The van der Waals surface area contributed by atoms with E-state index in [0.29, 0.717) is 23.5 Å². The summed E-state index contributed by atoms with van der Waals surface area (Å²) in [4.78, 5) is 26.7. The topological polar surface area (TPSA) is 49.4 Å². The summed E-state index contributed by atoms with van der Waals surface area (Å²) >= 11 is 1.61. The second-order valence-corrected chi connectivity index (χ2v) is 8.14. The Morgan fingerprint density at radius 1 is 1.00 bits per heavy atom. The van der Waals surface area contributed by atoms with Crippen LogP contribution in [0.3, 0.4) is 0 Å². The first-order chi connectivity index (χ1) is 14.6. The lowest BCUT2D eigenvalue weighted by Gasteiger charge is -2.24. The summed E-state index contributed by atoms with van der Waals surface area (Å²) in [6.07, 6.45) is 0.807. The summed E-state index contributed by atoms with van der Waals surface area (Å²) in [5.74, 6) is -0.00667. The molecule has 0 spiro atoms.